The van der Waals surface area contributed by atoms with Crippen LogP contribution in [0, 0.1) is 0 Å². The van der Waals surface area contributed by atoms with Crippen LogP contribution in [0.15, 0.2) is 59.5 Å². The summed E-state index contributed by atoms with van der Waals surface area (Å²) in [6.45, 7) is 0.600. The Labute approximate surface area is 164 Å². The van der Waals surface area contributed by atoms with E-state index < -0.39 is 0 Å². The van der Waals surface area contributed by atoms with Crippen molar-refractivity contribution in [2.75, 3.05) is 0 Å². The molecule has 3 aromatic heterocycles. The molecule has 6 nitrogen and oxygen atoms in total. The summed E-state index contributed by atoms with van der Waals surface area (Å²) in [7, 11) is 0. The molecule has 1 aliphatic rings. The highest BCUT2D eigenvalue weighted by atomic mass is 35.5. The van der Waals surface area contributed by atoms with Gasteiger partial charge >= 0.3 is 0 Å². The van der Waals surface area contributed by atoms with E-state index in [1.165, 1.54) is 10.9 Å². The van der Waals surface area contributed by atoms with E-state index in [4.69, 9.17) is 16.6 Å². The fraction of sp³-hybridized carbons (Fsp3) is 0.0952. The highest BCUT2D eigenvalue weighted by Crippen LogP contribution is 2.33. The van der Waals surface area contributed by atoms with E-state index in [1.807, 2.05) is 36.4 Å². The third kappa shape index (κ3) is 2.00. The Morgan fingerprint density at radius 2 is 1.86 bits per heavy atom. The summed E-state index contributed by atoms with van der Waals surface area (Å²) in [4.78, 5) is 21.5. The molecule has 0 spiro atoms. The first kappa shape index (κ1) is 15.7. The molecule has 0 unspecified atom stereocenters. The second-order valence-electron chi connectivity index (χ2n) is 6.91. The van der Waals surface area contributed by atoms with Crippen molar-refractivity contribution in [3.63, 3.8) is 0 Å². The number of aromatic nitrogens is 5. The van der Waals surface area contributed by atoms with Crippen molar-refractivity contribution in [3.8, 4) is 17.2 Å². The van der Waals surface area contributed by atoms with Gasteiger partial charge in [0.1, 0.15) is 5.39 Å². The topological polar surface area (TPSA) is 68.5 Å². The van der Waals surface area contributed by atoms with Gasteiger partial charge in [-0.1, -0.05) is 41.9 Å². The predicted octanol–water partition coefficient (Wildman–Crippen LogP) is 3.94. The summed E-state index contributed by atoms with van der Waals surface area (Å²) >= 11 is 6.36. The first-order chi connectivity index (χ1) is 13.7. The molecule has 0 saturated heterocycles. The number of fused-ring (bicyclic) bond motifs is 6. The van der Waals surface area contributed by atoms with Gasteiger partial charge in [-0.2, -0.15) is 5.10 Å². The summed E-state index contributed by atoms with van der Waals surface area (Å²) in [6.07, 6.45) is 2.36. The number of nitrogens with zero attached hydrogens (tertiary/aromatic N) is 4. The molecule has 4 heterocycles. The molecule has 0 atom stereocenters. The lowest BCUT2D eigenvalue weighted by Gasteiger charge is -2.18. The molecule has 0 amide bonds. The zero-order valence-corrected chi connectivity index (χ0v) is 15.4. The van der Waals surface area contributed by atoms with Crippen molar-refractivity contribution >= 4 is 33.5 Å². The average molecular weight is 388 g/mol. The maximum absolute atomic E-state index is 13.2. The van der Waals surface area contributed by atoms with E-state index in [1.54, 1.807) is 21.5 Å². The molecule has 0 radical (unpaired) electrons. The Balaban J connectivity index is 1.69. The van der Waals surface area contributed by atoms with Crippen LogP contribution in [0.25, 0.3) is 39.1 Å². The largest absolute Gasteiger partial charge is 0.352 e. The van der Waals surface area contributed by atoms with Crippen LogP contribution < -0.4 is 5.56 Å². The number of halogens is 1. The van der Waals surface area contributed by atoms with E-state index in [0.717, 1.165) is 17.6 Å². The van der Waals surface area contributed by atoms with Crippen LogP contribution in [0.4, 0.5) is 0 Å². The molecule has 0 fully saturated rings. The number of hydrogen-bond acceptors (Lipinski definition) is 3. The normalized spacial score (nSPS) is 13.0. The molecule has 1 N–H and O–H groups in total. The van der Waals surface area contributed by atoms with E-state index in [0.29, 0.717) is 34.1 Å². The first-order valence-electron chi connectivity index (χ1n) is 9.06. The molecule has 28 heavy (non-hydrogen) atoms. The molecule has 6 rings (SSSR count). The fourth-order valence-corrected chi connectivity index (χ4v) is 4.29. The van der Waals surface area contributed by atoms with Gasteiger partial charge in [0, 0.05) is 17.4 Å². The van der Waals surface area contributed by atoms with Crippen molar-refractivity contribution in [2.45, 2.75) is 13.0 Å². The molecule has 0 saturated carbocycles. The number of nitrogens with one attached hydrogen (secondary N) is 1. The maximum Gasteiger partial charge on any atom is 0.264 e. The van der Waals surface area contributed by atoms with Gasteiger partial charge in [-0.15, -0.1) is 0 Å². The van der Waals surface area contributed by atoms with E-state index in [9.17, 15) is 4.79 Å². The van der Waals surface area contributed by atoms with Crippen molar-refractivity contribution in [1.29, 1.82) is 0 Å². The molecule has 1 aliphatic heterocycles. The standard InChI is InChI=1S/C21H14ClN5O/c22-15-6-2-4-8-17(15)27-19-14(11-23-27)21(28)26-10-9-13-12-5-1-3-7-16(12)24-18(13)20(26)25-19/h1-8,11,24H,9-10H2. The monoisotopic (exact) mass is 387 g/mol. The quantitative estimate of drug-likeness (QED) is 0.473. The Hall–Kier alpha value is -3.38. The lowest BCUT2D eigenvalue weighted by Crippen LogP contribution is -2.27. The molecule has 136 valence electrons. The van der Waals surface area contributed by atoms with Gasteiger partial charge in [0.25, 0.3) is 5.56 Å². The minimum Gasteiger partial charge on any atom is -0.352 e. The van der Waals surface area contributed by atoms with Crippen LogP contribution in [0.1, 0.15) is 5.56 Å². The van der Waals surface area contributed by atoms with Crippen LogP contribution in [-0.2, 0) is 13.0 Å². The van der Waals surface area contributed by atoms with Gasteiger partial charge in [0.05, 0.1) is 22.6 Å². The van der Waals surface area contributed by atoms with Crippen LogP contribution in [0.2, 0.25) is 5.02 Å². The third-order valence-electron chi connectivity index (χ3n) is 5.39. The molecule has 7 heteroatoms. The minimum atomic E-state index is -0.0809. The summed E-state index contributed by atoms with van der Waals surface area (Å²) < 4.78 is 3.37. The molecule has 0 bridgehead atoms. The predicted molar refractivity (Wildman–Crippen MR) is 109 cm³/mol. The van der Waals surface area contributed by atoms with Gasteiger partial charge in [0.2, 0.25) is 0 Å². The summed E-state index contributed by atoms with van der Waals surface area (Å²) in [6, 6.07) is 15.6. The summed E-state index contributed by atoms with van der Waals surface area (Å²) in [5.41, 5.74) is 4.28. The van der Waals surface area contributed by atoms with Crippen molar-refractivity contribution < 1.29 is 0 Å². The van der Waals surface area contributed by atoms with Crippen LogP contribution in [-0.4, -0.2) is 24.3 Å². The van der Waals surface area contributed by atoms with Gasteiger partial charge in [-0.3, -0.25) is 9.36 Å². The highest BCUT2D eigenvalue weighted by Gasteiger charge is 2.25. The van der Waals surface area contributed by atoms with E-state index in [2.05, 4.69) is 16.1 Å². The van der Waals surface area contributed by atoms with Gasteiger partial charge < -0.3 is 4.98 Å². The van der Waals surface area contributed by atoms with Gasteiger partial charge in [-0.25, -0.2) is 9.67 Å². The Bertz CT molecular complexity index is 1460. The van der Waals surface area contributed by atoms with Gasteiger partial charge in [0.15, 0.2) is 11.5 Å². The average Bonchev–Trinajstić information content (AvgIpc) is 3.30. The van der Waals surface area contributed by atoms with Crippen molar-refractivity contribution in [3.05, 3.63) is 75.7 Å². The number of aromatic amines is 1. The first-order valence-corrected chi connectivity index (χ1v) is 9.43. The van der Waals surface area contributed by atoms with E-state index >= 15 is 0 Å². The second-order valence-corrected chi connectivity index (χ2v) is 7.32. The Kier molecular flexibility index (Phi) is 3.11. The van der Waals surface area contributed by atoms with Crippen molar-refractivity contribution in [2.24, 2.45) is 0 Å². The summed E-state index contributed by atoms with van der Waals surface area (Å²) in [5, 5.41) is 6.62. The Morgan fingerprint density at radius 1 is 1.04 bits per heavy atom. The van der Waals surface area contributed by atoms with Gasteiger partial charge in [-0.05, 0) is 30.2 Å². The minimum absolute atomic E-state index is 0.0809. The van der Waals surface area contributed by atoms with Crippen molar-refractivity contribution in [1.82, 2.24) is 24.3 Å². The number of hydrogen-bond donors (Lipinski definition) is 1. The number of benzene rings is 2. The smallest absolute Gasteiger partial charge is 0.264 e. The Morgan fingerprint density at radius 3 is 2.75 bits per heavy atom. The molecular weight excluding hydrogens is 374 g/mol. The maximum atomic E-state index is 13.2. The molecular formula is C21H14ClN5O. The molecule has 2 aromatic carbocycles. The zero-order valence-electron chi connectivity index (χ0n) is 14.7. The van der Waals surface area contributed by atoms with Crippen LogP contribution in [0.5, 0.6) is 0 Å². The lowest BCUT2D eigenvalue weighted by atomic mass is 10.0. The van der Waals surface area contributed by atoms with E-state index in [-0.39, 0.29) is 5.56 Å². The number of aryl methyl sites for hydroxylation is 1. The third-order valence-corrected chi connectivity index (χ3v) is 5.71. The zero-order chi connectivity index (χ0) is 18.8. The highest BCUT2D eigenvalue weighted by molar-refractivity contribution is 6.32. The van der Waals surface area contributed by atoms with Crippen LogP contribution in [0.3, 0.4) is 0 Å². The lowest BCUT2D eigenvalue weighted by molar-refractivity contribution is 0.652. The molecule has 5 aromatic rings. The molecule has 0 aliphatic carbocycles. The number of H-pyrrole nitrogens is 1. The number of rotatable bonds is 1. The fourth-order valence-electron chi connectivity index (χ4n) is 4.07. The number of para-hydroxylation sites is 2. The van der Waals surface area contributed by atoms with Crippen LogP contribution >= 0.6 is 11.6 Å². The second kappa shape index (κ2) is 5.56. The summed E-state index contributed by atoms with van der Waals surface area (Å²) in [5.74, 6) is 0.642. The SMILES string of the molecule is O=c1c2cnn(-c3ccccc3Cl)c2nc2n1CCc1c-2[nH]c2ccccc12.